The quantitative estimate of drug-likeness (QED) is 0.826. The first-order chi connectivity index (χ1) is 7.86. The van der Waals surface area contributed by atoms with Gasteiger partial charge in [0.25, 0.3) is 0 Å². The standard InChI is InChI=1S/C14H20O3/c1-4-10-14(17,13(2,3)12(15)16)11-8-6-5-7-9-11/h5-9,17H,4,10H2,1-3H3,(H,15,16). The predicted octanol–water partition coefficient (Wildman–Crippen LogP) is 2.79. The van der Waals surface area contributed by atoms with Crippen LogP contribution in [0.1, 0.15) is 39.2 Å². The van der Waals surface area contributed by atoms with E-state index in [2.05, 4.69) is 0 Å². The number of carboxylic acid groups (broad SMARTS) is 1. The summed E-state index contributed by atoms with van der Waals surface area (Å²) >= 11 is 0. The van der Waals surface area contributed by atoms with Crippen LogP contribution >= 0.6 is 0 Å². The summed E-state index contributed by atoms with van der Waals surface area (Å²) in [5.41, 5.74) is -1.90. The molecule has 0 aliphatic rings. The Hall–Kier alpha value is -1.35. The van der Waals surface area contributed by atoms with Gasteiger partial charge in [-0.2, -0.15) is 0 Å². The summed E-state index contributed by atoms with van der Waals surface area (Å²) in [7, 11) is 0. The van der Waals surface area contributed by atoms with Gasteiger partial charge < -0.3 is 10.2 Å². The van der Waals surface area contributed by atoms with Gasteiger partial charge in [-0.05, 0) is 25.8 Å². The van der Waals surface area contributed by atoms with Gasteiger partial charge >= 0.3 is 5.97 Å². The van der Waals surface area contributed by atoms with Crippen LogP contribution in [0.3, 0.4) is 0 Å². The van der Waals surface area contributed by atoms with Gasteiger partial charge in [-0.3, -0.25) is 4.79 Å². The molecule has 1 atom stereocenters. The second-order valence-corrected chi connectivity index (χ2v) is 4.91. The van der Waals surface area contributed by atoms with Gasteiger partial charge in [-0.15, -0.1) is 0 Å². The lowest BCUT2D eigenvalue weighted by Crippen LogP contribution is -2.47. The third-order valence-corrected chi connectivity index (χ3v) is 3.43. The summed E-state index contributed by atoms with van der Waals surface area (Å²) in [5, 5.41) is 20.1. The van der Waals surface area contributed by atoms with E-state index in [-0.39, 0.29) is 0 Å². The molecule has 0 fully saturated rings. The first-order valence-corrected chi connectivity index (χ1v) is 5.87. The van der Waals surface area contributed by atoms with Crippen LogP contribution in [0.5, 0.6) is 0 Å². The molecule has 3 nitrogen and oxygen atoms in total. The Balaban J connectivity index is 3.28. The Morgan fingerprint density at radius 2 is 1.76 bits per heavy atom. The summed E-state index contributed by atoms with van der Waals surface area (Å²) in [6.07, 6.45) is 1.15. The zero-order valence-electron chi connectivity index (χ0n) is 10.6. The van der Waals surface area contributed by atoms with Crippen molar-refractivity contribution in [1.29, 1.82) is 0 Å². The lowest BCUT2D eigenvalue weighted by atomic mass is 9.68. The van der Waals surface area contributed by atoms with Crippen molar-refractivity contribution in [2.45, 2.75) is 39.2 Å². The molecule has 1 aromatic carbocycles. The molecule has 0 spiro atoms. The highest BCUT2D eigenvalue weighted by molar-refractivity contribution is 5.75. The van der Waals surface area contributed by atoms with Crippen LogP contribution in [0.25, 0.3) is 0 Å². The van der Waals surface area contributed by atoms with Crippen LogP contribution in [0, 0.1) is 5.41 Å². The number of aliphatic hydroxyl groups is 1. The third kappa shape index (κ3) is 2.34. The molecule has 0 saturated carbocycles. The number of hydrogen-bond donors (Lipinski definition) is 2. The second kappa shape index (κ2) is 4.88. The number of aliphatic carboxylic acids is 1. The molecule has 0 aromatic heterocycles. The van der Waals surface area contributed by atoms with E-state index in [0.717, 1.165) is 6.42 Å². The van der Waals surface area contributed by atoms with E-state index in [4.69, 9.17) is 0 Å². The van der Waals surface area contributed by atoms with E-state index in [1.807, 2.05) is 25.1 Å². The fourth-order valence-corrected chi connectivity index (χ4v) is 2.07. The number of rotatable bonds is 5. The molecule has 0 heterocycles. The molecule has 0 radical (unpaired) electrons. The van der Waals surface area contributed by atoms with Crippen molar-refractivity contribution in [3.63, 3.8) is 0 Å². The smallest absolute Gasteiger partial charge is 0.312 e. The van der Waals surface area contributed by atoms with Crippen molar-refractivity contribution in [1.82, 2.24) is 0 Å². The molecule has 1 rings (SSSR count). The van der Waals surface area contributed by atoms with E-state index in [9.17, 15) is 15.0 Å². The fraction of sp³-hybridized carbons (Fsp3) is 0.500. The highest BCUT2D eigenvalue weighted by Crippen LogP contribution is 2.43. The molecule has 2 N–H and O–H groups in total. The van der Waals surface area contributed by atoms with Crippen molar-refractivity contribution in [2.75, 3.05) is 0 Å². The Labute approximate surface area is 102 Å². The monoisotopic (exact) mass is 236 g/mol. The minimum absolute atomic E-state index is 0.427. The molecule has 0 aliphatic heterocycles. The summed E-state index contributed by atoms with van der Waals surface area (Å²) in [6, 6.07) is 9.03. The number of hydrogen-bond acceptors (Lipinski definition) is 2. The fourth-order valence-electron chi connectivity index (χ4n) is 2.07. The maximum absolute atomic E-state index is 11.4. The van der Waals surface area contributed by atoms with Crippen molar-refractivity contribution in [3.8, 4) is 0 Å². The van der Waals surface area contributed by atoms with Crippen molar-refractivity contribution in [2.24, 2.45) is 5.41 Å². The highest BCUT2D eigenvalue weighted by Gasteiger charge is 2.49. The molecule has 94 valence electrons. The van der Waals surface area contributed by atoms with E-state index in [1.54, 1.807) is 26.0 Å². The average molecular weight is 236 g/mol. The average Bonchev–Trinajstić information content (AvgIpc) is 2.30. The zero-order chi connectivity index (χ0) is 13.1. The molecular formula is C14H20O3. The van der Waals surface area contributed by atoms with Crippen molar-refractivity contribution < 1.29 is 15.0 Å². The molecule has 0 bridgehead atoms. The highest BCUT2D eigenvalue weighted by atomic mass is 16.4. The number of carboxylic acids is 1. The normalized spacial score (nSPS) is 15.3. The second-order valence-electron chi connectivity index (χ2n) is 4.91. The van der Waals surface area contributed by atoms with E-state index >= 15 is 0 Å². The summed E-state index contributed by atoms with van der Waals surface area (Å²) in [5.74, 6) is -0.989. The predicted molar refractivity (Wildman–Crippen MR) is 66.7 cm³/mol. The Kier molecular flexibility index (Phi) is 3.94. The van der Waals surface area contributed by atoms with Gasteiger partial charge in [-0.1, -0.05) is 43.7 Å². The van der Waals surface area contributed by atoms with E-state index < -0.39 is 17.0 Å². The van der Waals surface area contributed by atoms with Gasteiger partial charge in [0.05, 0.1) is 5.41 Å². The van der Waals surface area contributed by atoms with Crippen LogP contribution in [-0.2, 0) is 10.4 Å². The zero-order valence-corrected chi connectivity index (χ0v) is 10.6. The van der Waals surface area contributed by atoms with Crippen LogP contribution in [0.2, 0.25) is 0 Å². The van der Waals surface area contributed by atoms with Gasteiger partial charge in [0.15, 0.2) is 0 Å². The molecular weight excluding hydrogens is 216 g/mol. The Morgan fingerprint density at radius 1 is 1.24 bits per heavy atom. The van der Waals surface area contributed by atoms with Gasteiger partial charge in [0.2, 0.25) is 0 Å². The summed E-state index contributed by atoms with van der Waals surface area (Å²) in [4.78, 5) is 11.4. The molecule has 3 heteroatoms. The molecule has 0 amide bonds. The molecule has 1 aromatic rings. The lowest BCUT2D eigenvalue weighted by Gasteiger charge is -2.40. The van der Waals surface area contributed by atoms with E-state index in [0.29, 0.717) is 12.0 Å². The van der Waals surface area contributed by atoms with Crippen molar-refractivity contribution in [3.05, 3.63) is 35.9 Å². The van der Waals surface area contributed by atoms with Gasteiger partial charge in [0.1, 0.15) is 5.60 Å². The minimum Gasteiger partial charge on any atom is -0.481 e. The Morgan fingerprint density at radius 3 is 2.18 bits per heavy atom. The van der Waals surface area contributed by atoms with Crippen LogP contribution in [0.4, 0.5) is 0 Å². The number of benzene rings is 1. The van der Waals surface area contributed by atoms with Crippen LogP contribution in [0.15, 0.2) is 30.3 Å². The first kappa shape index (κ1) is 13.7. The largest absolute Gasteiger partial charge is 0.481 e. The van der Waals surface area contributed by atoms with Gasteiger partial charge in [0, 0.05) is 0 Å². The minimum atomic E-state index is -1.34. The summed E-state index contributed by atoms with van der Waals surface area (Å²) in [6.45, 7) is 5.07. The van der Waals surface area contributed by atoms with Gasteiger partial charge in [-0.25, -0.2) is 0 Å². The van der Waals surface area contributed by atoms with Crippen LogP contribution < -0.4 is 0 Å². The van der Waals surface area contributed by atoms with E-state index in [1.165, 1.54) is 0 Å². The molecule has 0 saturated heterocycles. The maximum atomic E-state index is 11.4. The van der Waals surface area contributed by atoms with Crippen molar-refractivity contribution >= 4 is 5.97 Å². The topological polar surface area (TPSA) is 57.5 Å². The molecule has 17 heavy (non-hydrogen) atoms. The third-order valence-electron chi connectivity index (χ3n) is 3.43. The lowest BCUT2D eigenvalue weighted by molar-refractivity contribution is -0.167. The SMILES string of the molecule is CCCC(O)(c1ccccc1)C(C)(C)C(=O)O. The molecule has 1 unspecified atom stereocenters. The Bertz CT molecular complexity index is 384. The maximum Gasteiger partial charge on any atom is 0.312 e. The van der Waals surface area contributed by atoms with Crippen LogP contribution in [-0.4, -0.2) is 16.2 Å². The first-order valence-electron chi connectivity index (χ1n) is 5.87. The number of carbonyl (C=O) groups is 1. The summed E-state index contributed by atoms with van der Waals surface area (Å²) < 4.78 is 0. The molecule has 0 aliphatic carbocycles.